The van der Waals surface area contributed by atoms with E-state index in [-0.39, 0.29) is 5.78 Å². The highest BCUT2D eigenvalue weighted by Crippen LogP contribution is 2.26. The molecule has 0 aliphatic carbocycles. The smallest absolute Gasteiger partial charge is 0.195 e. The normalized spacial score (nSPS) is 10.6. The van der Waals surface area contributed by atoms with Crippen LogP contribution < -0.4 is 0 Å². The summed E-state index contributed by atoms with van der Waals surface area (Å²) in [6.07, 6.45) is 0. The molecule has 0 fully saturated rings. The zero-order chi connectivity index (χ0) is 12.6. The summed E-state index contributed by atoms with van der Waals surface area (Å²) in [4.78, 5) is 14.6. The summed E-state index contributed by atoms with van der Waals surface area (Å²) < 4.78 is 0.866. The fourth-order valence-electron chi connectivity index (χ4n) is 1.81. The van der Waals surface area contributed by atoms with E-state index in [4.69, 9.17) is 0 Å². The first kappa shape index (κ1) is 12.5. The number of thiophene rings is 1. The lowest BCUT2D eigenvalue weighted by Crippen LogP contribution is -2.02. The molecule has 0 atom stereocenters. The summed E-state index contributed by atoms with van der Waals surface area (Å²) in [5, 5.41) is 0. The number of carbonyl (C=O) groups excluding carboxylic acids is 1. The molecule has 0 N–H and O–H groups in total. The zero-order valence-corrected chi connectivity index (χ0v) is 12.4. The highest BCUT2D eigenvalue weighted by Gasteiger charge is 2.16. The predicted octanol–water partition coefficient (Wildman–Crippen LogP) is 4.67. The van der Waals surface area contributed by atoms with Crippen molar-refractivity contribution >= 4 is 33.0 Å². The van der Waals surface area contributed by atoms with Crippen LogP contribution in [0, 0.1) is 20.8 Å². The summed E-state index contributed by atoms with van der Waals surface area (Å²) in [6.45, 7) is 6.03. The van der Waals surface area contributed by atoms with Gasteiger partial charge in [-0.15, -0.1) is 11.3 Å². The van der Waals surface area contributed by atoms with Gasteiger partial charge >= 0.3 is 0 Å². The maximum absolute atomic E-state index is 12.4. The fourth-order valence-corrected chi connectivity index (χ4v) is 3.40. The van der Waals surface area contributed by atoms with Gasteiger partial charge in [-0.1, -0.05) is 22.0 Å². The van der Waals surface area contributed by atoms with Crippen LogP contribution >= 0.6 is 27.3 Å². The summed E-state index contributed by atoms with van der Waals surface area (Å²) in [5.74, 6) is 0.0960. The minimum absolute atomic E-state index is 0.0960. The van der Waals surface area contributed by atoms with Crippen LogP contribution in [-0.2, 0) is 0 Å². The molecule has 0 radical (unpaired) electrons. The number of ketones is 1. The molecular formula is C14H13BrOS. The van der Waals surface area contributed by atoms with E-state index in [1.807, 2.05) is 45.0 Å². The van der Waals surface area contributed by atoms with Crippen LogP contribution in [0.4, 0.5) is 0 Å². The van der Waals surface area contributed by atoms with Gasteiger partial charge in [0.15, 0.2) is 5.78 Å². The number of rotatable bonds is 2. The van der Waals surface area contributed by atoms with E-state index in [1.165, 1.54) is 4.88 Å². The van der Waals surface area contributed by atoms with Crippen LogP contribution in [0.3, 0.4) is 0 Å². The van der Waals surface area contributed by atoms with Crippen molar-refractivity contribution in [1.29, 1.82) is 0 Å². The second kappa shape index (κ2) is 4.75. The van der Waals surface area contributed by atoms with E-state index in [0.29, 0.717) is 0 Å². The van der Waals surface area contributed by atoms with E-state index >= 15 is 0 Å². The molecule has 0 saturated carbocycles. The van der Waals surface area contributed by atoms with E-state index in [2.05, 4.69) is 15.9 Å². The molecule has 88 valence electrons. The molecule has 1 aromatic heterocycles. The van der Waals surface area contributed by atoms with E-state index in [1.54, 1.807) is 11.3 Å². The Hall–Kier alpha value is -0.930. The van der Waals surface area contributed by atoms with Gasteiger partial charge in [0.1, 0.15) is 0 Å². The lowest BCUT2D eigenvalue weighted by Gasteiger charge is -2.04. The minimum atomic E-state index is 0.0960. The van der Waals surface area contributed by atoms with Crippen molar-refractivity contribution in [2.45, 2.75) is 20.8 Å². The van der Waals surface area contributed by atoms with Crippen molar-refractivity contribution in [1.82, 2.24) is 0 Å². The summed E-state index contributed by atoms with van der Waals surface area (Å²) in [5.41, 5.74) is 2.69. The van der Waals surface area contributed by atoms with Gasteiger partial charge in [0, 0.05) is 25.4 Å². The number of hydrogen-bond acceptors (Lipinski definition) is 2. The van der Waals surface area contributed by atoms with E-state index < -0.39 is 0 Å². The topological polar surface area (TPSA) is 17.1 Å². The summed E-state index contributed by atoms with van der Waals surface area (Å²) in [7, 11) is 0. The van der Waals surface area contributed by atoms with Crippen LogP contribution in [0.2, 0.25) is 0 Å². The molecular weight excluding hydrogens is 296 g/mol. The zero-order valence-electron chi connectivity index (χ0n) is 10.0. The van der Waals surface area contributed by atoms with Crippen molar-refractivity contribution in [2.75, 3.05) is 0 Å². The first-order valence-corrected chi connectivity index (χ1v) is 6.98. The molecule has 0 bridgehead atoms. The first-order valence-electron chi connectivity index (χ1n) is 5.37. The van der Waals surface area contributed by atoms with Gasteiger partial charge in [0.05, 0.1) is 0 Å². The van der Waals surface area contributed by atoms with Gasteiger partial charge in [0.25, 0.3) is 0 Å². The van der Waals surface area contributed by atoms with E-state index in [9.17, 15) is 4.79 Å². The Labute approximate surface area is 114 Å². The Balaban J connectivity index is 2.47. The van der Waals surface area contributed by atoms with Crippen LogP contribution in [0.1, 0.15) is 31.2 Å². The predicted molar refractivity (Wildman–Crippen MR) is 76.1 cm³/mol. The monoisotopic (exact) mass is 308 g/mol. The number of halogens is 1. The van der Waals surface area contributed by atoms with Crippen LogP contribution in [0.25, 0.3) is 0 Å². The maximum Gasteiger partial charge on any atom is 0.195 e. The summed E-state index contributed by atoms with van der Waals surface area (Å²) in [6, 6.07) is 7.79. The van der Waals surface area contributed by atoms with Crippen molar-refractivity contribution < 1.29 is 4.79 Å². The molecule has 1 heterocycles. The van der Waals surface area contributed by atoms with Gasteiger partial charge in [-0.05, 0) is 44.5 Å². The Kier molecular flexibility index (Phi) is 3.50. The van der Waals surface area contributed by atoms with Gasteiger partial charge in [-0.25, -0.2) is 0 Å². The van der Waals surface area contributed by atoms with Crippen molar-refractivity contribution in [3.8, 4) is 0 Å². The summed E-state index contributed by atoms with van der Waals surface area (Å²) >= 11 is 5.12. The highest BCUT2D eigenvalue weighted by atomic mass is 79.9. The average Bonchev–Trinajstić information content (AvgIpc) is 2.57. The molecule has 0 amide bonds. The average molecular weight is 309 g/mol. The molecule has 1 aromatic carbocycles. The lowest BCUT2D eigenvalue weighted by molar-refractivity contribution is 0.103. The number of aryl methyl sites for hydroxylation is 3. The van der Waals surface area contributed by atoms with Gasteiger partial charge in [-0.2, -0.15) is 0 Å². The Bertz CT molecular complexity index is 584. The quantitative estimate of drug-likeness (QED) is 0.737. The molecule has 2 aromatic rings. The van der Waals surface area contributed by atoms with Crippen molar-refractivity contribution in [2.24, 2.45) is 0 Å². The number of benzene rings is 1. The number of hydrogen-bond donors (Lipinski definition) is 0. The third-order valence-electron chi connectivity index (χ3n) is 2.65. The largest absolute Gasteiger partial charge is 0.289 e. The Morgan fingerprint density at radius 1 is 1.12 bits per heavy atom. The highest BCUT2D eigenvalue weighted by molar-refractivity contribution is 9.10. The minimum Gasteiger partial charge on any atom is -0.289 e. The second-order valence-electron chi connectivity index (χ2n) is 4.14. The number of carbonyl (C=O) groups is 1. The van der Waals surface area contributed by atoms with Crippen LogP contribution in [-0.4, -0.2) is 5.78 Å². The first-order chi connectivity index (χ1) is 7.99. The Morgan fingerprint density at radius 2 is 1.82 bits per heavy atom. The molecule has 0 unspecified atom stereocenters. The van der Waals surface area contributed by atoms with Crippen molar-refractivity contribution in [3.63, 3.8) is 0 Å². The van der Waals surface area contributed by atoms with Crippen LogP contribution in [0.15, 0.2) is 28.7 Å². The third-order valence-corrected chi connectivity index (χ3v) is 4.28. The molecule has 2 rings (SSSR count). The van der Waals surface area contributed by atoms with Crippen molar-refractivity contribution in [3.05, 3.63) is 55.2 Å². The third kappa shape index (κ3) is 2.50. The molecule has 0 saturated heterocycles. The molecule has 0 spiro atoms. The molecule has 0 aliphatic heterocycles. The fraction of sp³-hybridized carbons (Fsp3) is 0.214. The molecule has 0 aliphatic rings. The van der Waals surface area contributed by atoms with Gasteiger partial charge in [-0.3, -0.25) is 4.79 Å². The second-order valence-corrected chi connectivity index (χ2v) is 6.45. The standard InChI is InChI=1S/C14H13BrOS/c1-8-4-5-11(13(15)6-8)14(16)12-7-9(2)17-10(12)3/h4-7H,1-3H3. The van der Waals surface area contributed by atoms with E-state index in [0.717, 1.165) is 26.0 Å². The lowest BCUT2D eigenvalue weighted by atomic mass is 10.0. The molecule has 17 heavy (non-hydrogen) atoms. The SMILES string of the molecule is Cc1ccc(C(=O)c2cc(C)sc2C)c(Br)c1. The molecule has 3 heteroatoms. The molecule has 1 nitrogen and oxygen atoms in total. The Morgan fingerprint density at radius 3 is 2.35 bits per heavy atom. The van der Waals surface area contributed by atoms with Gasteiger partial charge in [0.2, 0.25) is 0 Å². The van der Waals surface area contributed by atoms with Crippen LogP contribution in [0.5, 0.6) is 0 Å². The maximum atomic E-state index is 12.4. The van der Waals surface area contributed by atoms with Gasteiger partial charge < -0.3 is 0 Å².